The number of nitrogens with one attached hydrogen (secondary N) is 2. The Bertz CT molecular complexity index is 888. The van der Waals surface area contributed by atoms with E-state index in [1.54, 1.807) is 0 Å². The van der Waals surface area contributed by atoms with Crippen molar-refractivity contribution in [2.75, 3.05) is 23.7 Å². The molecular formula is C26H35N3O2. The monoisotopic (exact) mass is 421 g/mol. The third kappa shape index (κ3) is 7.51. The van der Waals surface area contributed by atoms with Crippen LogP contribution >= 0.6 is 0 Å². The van der Waals surface area contributed by atoms with E-state index in [4.69, 9.17) is 0 Å². The second-order valence-corrected chi connectivity index (χ2v) is 8.67. The number of benzene rings is 2. The maximum atomic E-state index is 12.6. The van der Waals surface area contributed by atoms with Crippen molar-refractivity contribution in [3.05, 3.63) is 59.2 Å². The summed E-state index contributed by atoms with van der Waals surface area (Å²) in [6.07, 6.45) is 6.00. The number of nitrogens with zero attached hydrogens (tertiary/aromatic N) is 1. The highest BCUT2D eigenvalue weighted by Crippen LogP contribution is 2.27. The minimum atomic E-state index is -0.0244. The molecule has 0 aliphatic heterocycles. The number of hydrogen-bond acceptors (Lipinski definition) is 3. The summed E-state index contributed by atoms with van der Waals surface area (Å²) < 4.78 is 0. The lowest BCUT2D eigenvalue weighted by Gasteiger charge is -2.21. The van der Waals surface area contributed by atoms with E-state index in [9.17, 15) is 9.59 Å². The van der Waals surface area contributed by atoms with Gasteiger partial charge in [-0.25, -0.2) is 0 Å². The highest BCUT2D eigenvalue weighted by molar-refractivity contribution is 5.93. The third-order valence-corrected chi connectivity index (χ3v) is 5.76. The third-order valence-electron chi connectivity index (χ3n) is 5.76. The molecule has 5 heteroatoms. The predicted octanol–water partition coefficient (Wildman–Crippen LogP) is 5.08. The van der Waals surface area contributed by atoms with Crippen LogP contribution in [0.1, 0.15) is 55.7 Å². The van der Waals surface area contributed by atoms with Gasteiger partial charge in [0, 0.05) is 30.4 Å². The number of rotatable bonds is 11. The molecule has 2 N–H and O–H groups in total. The fourth-order valence-electron chi connectivity index (χ4n) is 3.68. The Morgan fingerprint density at radius 2 is 1.74 bits per heavy atom. The topological polar surface area (TPSA) is 61.4 Å². The number of amides is 2. The van der Waals surface area contributed by atoms with Gasteiger partial charge in [-0.1, -0.05) is 37.6 Å². The summed E-state index contributed by atoms with van der Waals surface area (Å²) in [5.41, 5.74) is 5.17. The minimum absolute atomic E-state index is 0.0121. The number of aryl methyl sites for hydroxylation is 3. The van der Waals surface area contributed by atoms with Crippen molar-refractivity contribution in [3.8, 4) is 0 Å². The lowest BCUT2D eigenvalue weighted by molar-refractivity contribution is -0.119. The van der Waals surface area contributed by atoms with Crippen molar-refractivity contribution in [2.24, 2.45) is 0 Å². The molecule has 1 aliphatic rings. The second kappa shape index (κ2) is 11.1. The molecular weight excluding hydrogens is 386 g/mol. The van der Waals surface area contributed by atoms with E-state index in [0.29, 0.717) is 25.6 Å². The van der Waals surface area contributed by atoms with Gasteiger partial charge in [-0.15, -0.1) is 0 Å². The van der Waals surface area contributed by atoms with E-state index in [1.807, 2.05) is 44.2 Å². The maximum Gasteiger partial charge on any atom is 0.238 e. The summed E-state index contributed by atoms with van der Waals surface area (Å²) in [4.78, 5) is 27.2. The van der Waals surface area contributed by atoms with Gasteiger partial charge in [-0.05, 0) is 74.4 Å². The quantitative estimate of drug-likeness (QED) is 0.532. The average molecular weight is 422 g/mol. The molecule has 2 aromatic rings. The zero-order valence-electron chi connectivity index (χ0n) is 19.0. The fraction of sp³-hybridized carbons (Fsp3) is 0.462. The first-order chi connectivity index (χ1) is 14.9. The number of anilines is 2. The molecule has 1 saturated carbocycles. The highest BCUT2D eigenvalue weighted by Gasteiger charge is 2.30. The summed E-state index contributed by atoms with van der Waals surface area (Å²) >= 11 is 0. The molecule has 2 aromatic carbocycles. The standard InChI is InChI=1S/C26H35N3O2/c1-4-5-6-21-9-11-22(12-10-21)27-25(30)15-16-29(23-13-14-23)18-26(31)28-24-17-19(2)7-8-20(24)3/h7-12,17,23H,4-6,13-16,18H2,1-3H3,(H,27,30)(H,28,31). The highest BCUT2D eigenvalue weighted by atomic mass is 16.2. The Kier molecular flexibility index (Phi) is 8.24. The van der Waals surface area contributed by atoms with E-state index in [-0.39, 0.29) is 11.8 Å². The molecule has 0 saturated heterocycles. The molecule has 0 spiro atoms. The molecule has 0 heterocycles. The Balaban J connectivity index is 1.47. The van der Waals surface area contributed by atoms with E-state index in [2.05, 4.69) is 34.6 Å². The van der Waals surface area contributed by atoms with Gasteiger partial charge in [0.25, 0.3) is 0 Å². The van der Waals surface area contributed by atoms with Crippen LogP contribution in [-0.2, 0) is 16.0 Å². The van der Waals surface area contributed by atoms with Gasteiger partial charge in [-0.3, -0.25) is 14.5 Å². The van der Waals surface area contributed by atoms with Gasteiger partial charge in [0.15, 0.2) is 0 Å². The van der Waals surface area contributed by atoms with Crippen molar-refractivity contribution < 1.29 is 9.59 Å². The smallest absolute Gasteiger partial charge is 0.238 e. The van der Waals surface area contributed by atoms with Crippen LogP contribution in [0.25, 0.3) is 0 Å². The summed E-state index contributed by atoms with van der Waals surface area (Å²) in [5.74, 6) is -0.0365. The lowest BCUT2D eigenvalue weighted by atomic mass is 10.1. The van der Waals surface area contributed by atoms with Crippen LogP contribution in [0.2, 0.25) is 0 Å². The van der Waals surface area contributed by atoms with Gasteiger partial charge in [-0.2, -0.15) is 0 Å². The Morgan fingerprint density at radius 3 is 2.42 bits per heavy atom. The second-order valence-electron chi connectivity index (χ2n) is 8.67. The van der Waals surface area contributed by atoms with Gasteiger partial charge in [0.05, 0.1) is 6.54 Å². The predicted molar refractivity (Wildman–Crippen MR) is 127 cm³/mol. The maximum absolute atomic E-state index is 12.6. The molecule has 0 radical (unpaired) electrons. The van der Waals surface area contributed by atoms with Gasteiger partial charge in [0.1, 0.15) is 0 Å². The van der Waals surface area contributed by atoms with E-state index < -0.39 is 0 Å². The van der Waals surface area contributed by atoms with Gasteiger partial charge >= 0.3 is 0 Å². The molecule has 0 unspecified atom stereocenters. The van der Waals surface area contributed by atoms with Crippen LogP contribution in [0.15, 0.2) is 42.5 Å². The molecule has 3 rings (SSSR count). The zero-order chi connectivity index (χ0) is 22.2. The molecule has 0 aromatic heterocycles. The van der Waals surface area contributed by atoms with E-state index >= 15 is 0 Å². The summed E-state index contributed by atoms with van der Waals surface area (Å²) in [7, 11) is 0. The van der Waals surface area contributed by atoms with E-state index in [1.165, 1.54) is 18.4 Å². The normalized spacial score (nSPS) is 13.3. The van der Waals surface area contributed by atoms with Crippen molar-refractivity contribution in [3.63, 3.8) is 0 Å². The van der Waals surface area contributed by atoms with E-state index in [0.717, 1.165) is 41.8 Å². The summed E-state index contributed by atoms with van der Waals surface area (Å²) in [6, 6.07) is 14.6. The lowest BCUT2D eigenvalue weighted by Crippen LogP contribution is -2.37. The van der Waals surface area contributed by atoms with Crippen LogP contribution in [0.5, 0.6) is 0 Å². The molecule has 1 fully saturated rings. The van der Waals surface area contributed by atoms with Crippen LogP contribution in [0, 0.1) is 13.8 Å². The van der Waals surface area contributed by atoms with Crippen LogP contribution < -0.4 is 10.6 Å². The van der Waals surface area contributed by atoms with Gasteiger partial charge in [0.2, 0.25) is 11.8 Å². The average Bonchev–Trinajstić information content (AvgIpc) is 3.58. The summed E-state index contributed by atoms with van der Waals surface area (Å²) in [6.45, 7) is 7.10. The zero-order valence-corrected chi connectivity index (χ0v) is 19.0. The fourth-order valence-corrected chi connectivity index (χ4v) is 3.68. The Labute approximate surface area is 186 Å². The van der Waals surface area contributed by atoms with Crippen molar-refractivity contribution in [1.29, 1.82) is 0 Å². The largest absolute Gasteiger partial charge is 0.326 e. The summed E-state index contributed by atoms with van der Waals surface area (Å²) in [5, 5.41) is 6.01. The Morgan fingerprint density at radius 1 is 1.00 bits per heavy atom. The molecule has 31 heavy (non-hydrogen) atoms. The van der Waals surface area contributed by atoms with Gasteiger partial charge < -0.3 is 10.6 Å². The minimum Gasteiger partial charge on any atom is -0.326 e. The SMILES string of the molecule is CCCCc1ccc(NC(=O)CCN(CC(=O)Nc2cc(C)ccc2C)C2CC2)cc1. The first-order valence-corrected chi connectivity index (χ1v) is 11.4. The first-order valence-electron chi connectivity index (χ1n) is 11.4. The molecule has 166 valence electrons. The molecule has 1 aliphatic carbocycles. The van der Waals surface area contributed by atoms with Crippen LogP contribution in [-0.4, -0.2) is 35.8 Å². The van der Waals surface area contributed by atoms with Crippen LogP contribution in [0.3, 0.4) is 0 Å². The molecule has 5 nitrogen and oxygen atoms in total. The van der Waals surface area contributed by atoms with Crippen LogP contribution in [0.4, 0.5) is 11.4 Å². The molecule has 2 amide bonds. The number of carbonyl (C=O) groups excluding carboxylic acids is 2. The Hall–Kier alpha value is -2.66. The number of hydrogen-bond donors (Lipinski definition) is 2. The molecule has 0 bridgehead atoms. The first kappa shape index (κ1) is 23.0. The van der Waals surface area contributed by atoms with Crippen molar-refractivity contribution >= 4 is 23.2 Å². The van der Waals surface area contributed by atoms with Crippen molar-refractivity contribution in [1.82, 2.24) is 4.90 Å². The number of carbonyl (C=O) groups is 2. The van der Waals surface area contributed by atoms with Crippen molar-refractivity contribution in [2.45, 2.75) is 65.3 Å². The molecule has 0 atom stereocenters. The number of unbranched alkanes of at least 4 members (excludes halogenated alkanes) is 1.